The third-order valence-electron chi connectivity index (χ3n) is 7.04. The standard InChI is InChI=1S/C24H32F3N5O2/c1-2-3-21(33)15-4-7-18(8-5-15)32-12-17(13-32)31-22(34)11-28-23-19-10-16(24(25,26)27)6-9-20(19)29-14-30-23/h6,9-10,14-15,17-18,21,33H,2-5,7-8,11-13H2,1H3,(H,31,34)(H,28,29,30)/t15-,18+,21?. The number of carbonyl (C=O) groups is 1. The third kappa shape index (κ3) is 5.78. The number of rotatable bonds is 8. The van der Waals surface area contributed by atoms with Gasteiger partial charge in [-0.1, -0.05) is 13.3 Å². The highest BCUT2D eigenvalue weighted by Gasteiger charge is 2.36. The third-order valence-corrected chi connectivity index (χ3v) is 7.04. The molecule has 1 saturated carbocycles. The molecule has 1 unspecified atom stereocenters. The lowest BCUT2D eigenvalue weighted by molar-refractivity contribution is -0.137. The minimum atomic E-state index is -4.47. The number of nitrogens with zero attached hydrogens (tertiary/aromatic N) is 3. The van der Waals surface area contributed by atoms with Gasteiger partial charge in [0.05, 0.1) is 29.8 Å². The molecule has 2 fully saturated rings. The maximum atomic E-state index is 13.1. The van der Waals surface area contributed by atoms with Crippen LogP contribution in [0.2, 0.25) is 0 Å². The molecule has 0 spiro atoms. The molecule has 2 heterocycles. The number of fused-ring (bicyclic) bond motifs is 1. The zero-order valence-electron chi connectivity index (χ0n) is 19.3. The summed E-state index contributed by atoms with van der Waals surface area (Å²) in [4.78, 5) is 22.8. The fourth-order valence-electron chi connectivity index (χ4n) is 5.10. The van der Waals surface area contributed by atoms with Crippen LogP contribution in [0.4, 0.5) is 19.0 Å². The Balaban J connectivity index is 1.23. The summed E-state index contributed by atoms with van der Waals surface area (Å²) in [6.45, 7) is 3.60. The lowest BCUT2D eigenvalue weighted by Crippen LogP contribution is -2.63. The van der Waals surface area contributed by atoms with E-state index in [4.69, 9.17) is 0 Å². The molecule has 1 aliphatic carbocycles. The number of anilines is 1. The molecule has 1 amide bonds. The Hall–Kier alpha value is -2.46. The summed E-state index contributed by atoms with van der Waals surface area (Å²) in [5, 5.41) is 16.3. The van der Waals surface area contributed by atoms with Gasteiger partial charge in [0, 0.05) is 24.5 Å². The summed E-state index contributed by atoms with van der Waals surface area (Å²) in [7, 11) is 0. The average molecular weight is 480 g/mol. The number of benzene rings is 1. The van der Waals surface area contributed by atoms with Crippen molar-refractivity contribution < 1.29 is 23.1 Å². The van der Waals surface area contributed by atoms with Crippen molar-refractivity contribution >= 4 is 22.6 Å². The van der Waals surface area contributed by atoms with Gasteiger partial charge in [0.25, 0.3) is 0 Å². The second-order valence-electron chi connectivity index (χ2n) is 9.45. The molecule has 2 aromatic rings. The van der Waals surface area contributed by atoms with E-state index in [1.54, 1.807) is 0 Å². The first-order valence-corrected chi connectivity index (χ1v) is 12.0. The predicted octanol–water partition coefficient (Wildman–Crippen LogP) is 3.58. The molecule has 7 nitrogen and oxygen atoms in total. The van der Waals surface area contributed by atoms with E-state index in [0.717, 1.165) is 63.7 Å². The van der Waals surface area contributed by atoms with Crippen molar-refractivity contribution in [3.05, 3.63) is 30.1 Å². The van der Waals surface area contributed by atoms with Crippen molar-refractivity contribution in [2.45, 2.75) is 69.8 Å². The maximum Gasteiger partial charge on any atom is 0.416 e. The molecule has 1 aromatic heterocycles. The highest BCUT2D eigenvalue weighted by atomic mass is 19.4. The van der Waals surface area contributed by atoms with E-state index >= 15 is 0 Å². The first kappa shape index (κ1) is 24.7. The molecule has 1 atom stereocenters. The van der Waals surface area contributed by atoms with Crippen molar-refractivity contribution in [2.75, 3.05) is 25.0 Å². The minimum Gasteiger partial charge on any atom is -0.393 e. The molecule has 0 bridgehead atoms. The summed E-state index contributed by atoms with van der Waals surface area (Å²) in [5.41, 5.74) is -0.414. The number of aromatic nitrogens is 2. The van der Waals surface area contributed by atoms with E-state index in [1.165, 1.54) is 12.4 Å². The van der Waals surface area contributed by atoms with Crippen LogP contribution in [-0.4, -0.2) is 63.7 Å². The molecule has 1 saturated heterocycles. The topological polar surface area (TPSA) is 90.4 Å². The number of aliphatic hydroxyl groups is 1. The Labute approximate surface area is 197 Å². The van der Waals surface area contributed by atoms with Crippen molar-refractivity contribution in [3.8, 4) is 0 Å². The van der Waals surface area contributed by atoms with Crippen LogP contribution >= 0.6 is 0 Å². The number of hydrogen-bond donors (Lipinski definition) is 3. The molecule has 4 rings (SSSR count). The van der Waals surface area contributed by atoms with Crippen LogP contribution in [0.25, 0.3) is 10.9 Å². The summed E-state index contributed by atoms with van der Waals surface area (Å²) in [6.07, 6.45) is 2.73. The molecule has 186 valence electrons. The zero-order valence-corrected chi connectivity index (χ0v) is 19.3. The Morgan fingerprint density at radius 1 is 1.21 bits per heavy atom. The Morgan fingerprint density at radius 3 is 2.62 bits per heavy atom. The highest BCUT2D eigenvalue weighted by Crippen LogP contribution is 2.34. The van der Waals surface area contributed by atoms with Gasteiger partial charge in [-0.3, -0.25) is 9.69 Å². The number of amides is 1. The van der Waals surface area contributed by atoms with E-state index < -0.39 is 11.7 Å². The van der Waals surface area contributed by atoms with Crippen LogP contribution in [0.5, 0.6) is 0 Å². The second kappa shape index (κ2) is 10.4. The van der Waals surface area contributed by atoms with Crippen LogP contribution < -0.4 is 10.6 Å². The highest BCUT2D eigenvalue weighted by molar-refractivity contribution is 5.91. The molecular formula is C24H32F3N5O2. The smallest absolute Gasteiger partial charge is 0.393 e. The van der Waals surface area contributed by atoms with Crippen molar-refractivity contribution in [1.82, 2.24) is 20.2 Å². The number of halogens is 3. The SMILES string of the molecule is CCCC(O)[C@H]1CC[C@@H](N2CC(NC(=O)CNc3ncnc4ccc(C(F)(F)F)cc34)C2)CC1. The van der Waals surface area contributed by atoms with Crippen LogP contribution in [-0.2, 0) is 11.0 Å². The maximum absolute atomic E-state index is 13.1. The molecule has 34 heavy (non-hydrogen) atoms. The Kier molecular flexibility index (Phi) is 7.57. The lowest BCUT2D eigenvalue weighted by atomic mass is 9.80. The number of nitrogens with one attached hydrogen (secondary N) is 2. The number of likely N-dealkylation sites (tertiary alicyclic amines) is 1. The van der Waals surface area contributed by atoms with Crippen LogP contribution in [0.1, 0.15) is 51.0 Å². The molecule has 1 aromatic carbocycles. The van der Waals surface area contributed by atoms with Gasteiger partial charge in [-0.2, -0.15) is 13.2 Å². The van der Waals surface area contributed by atoms with Gasteiger partial charge in [0.15, 0.2) is 0 Å². The predicted molar refractivity (Wildman–Crippen MR) is 123 cm³/mol. The van der Waals surface area contributed by atoms with Gasteiger partial charge in [-0.25, -0.2) is 9.97 Å². The zero-order chi connectivity index (χ0) is 24.3. The van der Waals surface area contributed by atoms with E-state index in [1.807, 2.05) is 0 Å². The molecular weight excluding hydrogens is 447 g/mol. The number of carbonyl (C=O) groups excluding carboxylic acids is 1. The molecule has 1 aliphatic heterocycles. The normalized spacial score (nSPS) is 22.9. The minimum absolute atomic E-state index is 0.0664. The number of aliphatic hydroxyl groups excluding tert-OH is 1. The fraction of sp³-hybridized carbons (Fsp3) is 0.625. The van der Waals surface area contributed by atoms with Crippen molar-refractivity contribution in [2.24, 2.45) is 5.92 Å². The van der Waals surface area contributed by atoms with Gasteiger partial charge in [0.1, 0.15) is 12.1 Å². The first-order valence-electron chi connectivity index (χ1n) is 12.0. The molecule has 3 N–H and O–H groups in total. The van der Waals surface area contributed by atoms with Gasteiger partial charge >= 0.3 is 6.18 Å². The first-order chi connectivity index (χ1) is 16.2. The van der Waals surface area contributed by atoms with Crippen LogP contribution in [0, 0.1) is 5.92 Å². The van der Waals surface area contributed by atoms with Gasteiger partial charge in [0.2, 0.25) is 5.91 Å². The average Bonchev–Trinajstić information content (AvgIpc) is 2.79. The molecule has 2 aliphatic rings. The summed E-state index contributed by atoms with van der Waals surface area (Å²) >= 11 is 0. The lowest BCUT2D eigenvalue weighted by Gasteiger charge is -2.47. The fourth-order valence-corrected chi connectivity index (χ4v) is 5.10. The number of alkyl halides is 3. The molecule has 10 heteroatoms. The largest absolute Gasteiger partial charge is 0.416 e. The van der Waals surface area contributed by atoms with Gasteiger partial charge < -0.3 is 15.7 Å². The quantitative estimate of drug-likeness (QED) is 0.536. The Morgan fingerprint density at radius 2 is 1.94 bits per heavy atom. The second-order valence-corrected chi connectivity index (χ2v) is 9.45. The van der Waals surface area contributed by atoms with Gasteiger partial charge in [-0.05, 0) is 56.2 Å². The van der Waals surface area contributed by atoms with Gasteiger partial charge in [-0.15, -0.1) is 0 Å². The summed E-state index contributed by atoms with van der Waals surface area (Å²) in [5.74, 6) is 0.377. The molecule has 0 radical (unpaired) electrons. The summed E-state index contributed by atoms with van der Waals surface area (Å²) < 4.78 is 39.2. The van der Waals surface area contributed by atoms with Crippen molar-refractivity contribution in [3.63, 3.8) is 0 Å². The van der Waals surface area contributed by atoms with Crippen LogP contribution in [0.15, 0.2) is 24.5 Å². The Bertz CT molecular complexity index is 988. The van der Waals surface area contributed by atoms with E-state index in [2.05, 4.69) is 32.4 Å². The van der Waals surface area contributed by atoms with Crippen molar-refractivity contribution in [1.29, 1.82) is 0 Å². The van der Waals surface area contributed by atoms with E-state index in [-0.39, 0.29) is 35.8 Å². The van der Waals surface area contributed by atoms with E-state index in [0.29, 0.717) is 17.5 Å². The summed E-state index contributed by atoms with van der Waals surface area (Å²) in [6, 6.07) is 3.85. The van der Waals surface area contributed by atoms with E-state index in [9.17, 15) is 23.1 Å². The number of hydrogen-bond acceptors (Lipinski definition) is 6. The monoisotopic (exact) mass is 479 g/mol. The van der Waals surface area contributed by atoms with Crippen LogP contribution in [0.3, 0.4) is 0 Å².